The molecule has 0 spiro atoms. The largest absolute Gasteiger partial charge is 2.00 e. The van der Waals surface area contributed by atoms with Crippen LogP contribution in [-0.4, -0.2) is 5.11 Å². The van der Waals surface area contributed by atoms with Crippen molar-refractivity contribution in [1.29, 1.82) is 0 Å². The maximum absolute atomic E-state index is 10.4. The van der Waals surface area contributed by atoms with Crippen LogP contribution in [0.15, 0.2) is 53.6 Å². The second-order valence-corrected chi connectivity index (χ2v) is 6.10. The fraction of sp³-hybridized carbons (Fsp3) is 0.300. The first-order chi connectivity index (χ1) is 10.0. The van der Waals surface area contributed by atoms with Crippen molar-refractivity contribution in [2.45, 2.75) is 33.8 Å². The van der Waals surface area contributed by atoms with E-state index in [0.29, 0.717) is 5.92 Å². The Labute approximate surface area is 171 Å². The van der Waals surface area contributed by atoms with Gasteiger partial charge in [0.05, 0.1) is 6.10 Å². The third-order valence-electron chi connectivity index (χ3n) is 4.63. The van der Waals surface area contributed by atoms with E-state index in [4.69, 9.17) is 0 Å². The molecule has 0 aliphatic heterocycles. The molecule has 0 fully saturated rings. The van der Waals surface area contributed by atoms with Crippen molar-refractivity contribution in [1.82, 2.24) is 0 Å². The van der Waals surface area contributed by atoms with Crippen LogP contribution >= 0.6 is 0 Å². The summed E-state index contributed by atoms with van der Waals surface area (Å²) in [5, 5.41) is 12.7. The molecule has 1 N–H and O–H groups in total. The second kappa shape index (κ2) is 9.22. The molecule has 0 aromatic heterocycles. The van der Waals surface area contributed by atoms with Gasteiger partial charge in [-0.05, 0) is 53.8 Å². The average Bonchev–Trinajstić information content (AvgIpc) is 2.70. The van der Waals surface area contributed by atoms with Gasteiger partial charge in [0.25, 0.3) is 0 Å². The van der Waals surface area contributed by atoms with E-state index in [1.54, 1.807) is 0 Å². The Kier molecular flexibility index (Phi) is 9.00. The molecule has 0 radical (unpaired) electrons. The van der Waals surface area contributed by atoms with Crippen molar-refractivity contribution < 1.29 is 51.6 Å². The van der Waals surface area contributed by atoms with Crippen LogP contribution in [0.4, 0.5) is 0 Å². The molecule has 4 heteroatoms. The standard InChI is InChI=1S/C20H22O.2ClH.Ti/c1-12-11-13(2)19(14(12)3)18-10-9-16-7-5-6-8-17(16)20(18)15(4)21;;;/h5-11,13,15,21H,1-4H3;2*1H;/q;;;+2/p-2. The van der Waals surface area contributed by atoms with Crippen LogP contribution in [0.3, 0.4) is 0 Å². The van der Waals surface area contributed by atoms with Gasteiger partial charge in [-0.2, -0.15) is 0 Å². The van der Waals surface area contributed by atoms with Crippen molar-refractivity contribution in [3.05, 3.63) is 64.7 Å². The third kappa shape index (κ3) is 3.98. The Morgan fingerprint density at radius 2 is 1.62 bits per heavy atom. The van der Waals surface area contributed by atoms with Gasteiger partial charge in [0.15, 0.2) is 0 Å². The molecular weight excluding hydrogens is 375 g/mol. The van der Waals surface area contributed by atoms with Gasteiger partial charge < -0.3 is 29.9 Å². The van der Waals surface area contributed by atoms with Gasteiger partial charge in [-0.25, -0.2) is 0 Å². The SMILES string of the molecule is CC1=CC(C)C(c2ccc3ccccc3c2C(C)O)=C1C.[Cl-].[Cl-].[Ti+2]. The van der Waals surface area contributed by atoms with E-state index >= 15 is 0 Å². The molecule has 2 aromatic carbocycles. The zero-order valence-electron chi connectivity index (χ0n) is 14.4. The monoisotopic (exact) mass is 396 g/mol. The van der Waals surface area contributed by atoms with Gasteiger partial charge in [0, 0.05) is 5.92 Å². The molecule has 0 amide bonds. The molecule has 0 saturated heterocycles. The number of fused-ring (bicyclic) bond motifs is 1. The summed E-state index contributed by atoms with van der Waals surface area (Å²) < 4.78 is 0. The molecule has 2 atom stereocenters. The van der Waals surface area contributed by atoms with Crippen LogP contribution in [0.1, 0.15) is 44.9 Å². The van der Waals surface area contributed by atoms with E-state index in [2.05, 4.69) is 51.1 Å². The van der Waals surface area contributed by atoms with Gasteiger partial charge in [0.1, 0.15) is 0 Å². The van der Waals surface area contributed by atoms with Crippen LogP contribution in [0, 0.1) is 5.92 Å². The molecule has 1 aliphatic carbocycles. The number of aliphatic hydroxyl groups is 1. The van der Waals surface area contributed by atoms with E-state index in [9.17, 15) is 5.11 Å². The van der Waals surface area contributed by atoms with Crippen molar-refractivity contribution in [3.63, 3.8) is 0 Å². The van der Waals surface area contributed by atoms with Crippen molar-refractivity contribution in [2.75, 3.05) is 0 Å². The molecule has 0 saturated carbocycles. The predicted octanol–water partition coefficient (Wildman–Crippen LogP) is -0.732. The summed E-state index contributed by atoms with van der Waals surface area (Å²) in [4.78, 5) is 0. The normalized spacial score (nSPS) is 17.5. The van der Waals surface area contributed by atoms with Crippen LogP contribution in [0.25, 0.3) is 16.3 Å². The Hall–Kier alpha value is -0.566. The second-order valence-electron chi connectivity index (χ2n) is 6.10. The predicted molar refractivity (Wildman–Crippen MR) is 90.1 cm³/mol. The minimum atomic E-state index is -0.473. The first-order valence-corrected chi connectivity index (χ1v) is 7.60. The number of aliphatic hydroxyl groups excluding tert-OH is 1. The summed E-state index contributed by atoms with van der Waals surface area (Å²) in [5.41, 5.74) is 6.30. The molecule has 0 heterocycles. The number of benzene rings is 2. The summed E-state index contributed by atoms with van der Waals surface area (Å²) in [7, 11) is 0. The molecule has 0 bridgehead atoms. The minimum Gasteiger partial charge on any atom is -1.00 e. The third-order valence-corrected chi connectivity index (χ3v) is 4.63. The van der Waals surface area contributed by atoms with Crippen molar-refractivity contribution in [2.24, 2.45) is 5.92 Å². The summed E-state index contributed by atoms with van der Waals surface area (Å²) in [6, 6.07) is 12.6. The molecule has 126 valence electrons. The number of halogens is 2. The van der Waals surface area contributed by atoms with Gasteiger partial charge in [-0.3, -0.25) is 0 Å². The van der Waals surface area contributed by atoms with Gasteiger partial charge in [0.2, 0.25) is 0 Å². The average molecular weight is 397 g/mol. The maximum Gasteiger partial charge on any atom is 2.00 e. The molecule has 1 aliphatic rings. The number of rotatable bonds is 2. The Morgan fingerprint density at radius 3 is 2.17 bits per heavy atom. The van der Waals surface area contributed by atoms with E-state index < -0.39 is 6.10 Å². The van der Waals surface area contributed by atoms with Crippen molar-refractivity contribution >= 4 is 16.3 Å². The first kappa shape index (κ1) is 23.4. The zero-order valence-corrected chi connectivity index (χ0v) is 17.5. The van der Waals surface area contributed by atoms with E-state index in [1.807, 2.05) is 19.1 Å². The quantitative estimate of drug-likeness (QED) is 0.663. The number of hydrogen-bond donors (Lipinski definition) is 1. The summed E-state index contributed by atoms with van der Waals surface area (Å²) in [5.74, 6) is 0.406. The fourth-order valence-electron chi connectivity index (χ4n) is 3.57. The first-order valence-electron chi connectivity index (χ1n) is 7.60. The summed E-state index contributed by atoms with van der Waals surface area (Å²) >= 11 is 0. The molecule has 3 rings (SSSR count). The number of hydrogen-bond acceptors (Lipinski definition) is 1. The molecular formula is C20H22Cl2OTi. The Balaban J connectivity index is 0.00000176. The smallest absolute Gasteiger partial charge is 1.00 e. The molecule has 2 unspecified atom stereocenters. The minimum absolute atomic E-state index is 0. The Morgan fingerprint density at radius 1 is 1.00 bits per heavy atom. The summed E-state index contributed by atoms with van der Waals surface area (Å²) in [6.07, 6.45) is 1.84. The van der Waals surface area contributed by atoms with Crippen LogP contribution in [-0.2, 0) is 21.7 Å². The Bertz CT molecular complexity index is 778. The van der Waals surface area contributed by atoms with E-state index in [-0.39, 0.29) is 46.5 Å². The van der Waals surface area contributed by atoms with Gasteiger partial charge in [-0.1, -0.05) is 55.0 Å². The van der Waals surface area contributed by atoms with Gasteiger partial charge in [-0.15, -0.1) is 0 Å². The van der Waals surface area contributed by atoms with E-state index in [1.165, 1.54) is 27.7 Å². The summed E-state index contributed by atoms with van der Waals surface area (Å²) in [6.45, 7) is 8.45. The molecule has 1 nitrogen and oxygen atoms in total. The fourth-order valence-corrected chi connectivity index (χ4v) is 3.57. The van der Waals surface area contributed by atoms with E-state index in [0.717, 1.165) is 10.9 Å². The topological polar surface area (TPSA) is 20.2 Å². The number of allylic oxidation sites excluding steroid dienone is 4. The zero-order chi connectivity index (χ0) is 15.1. The van der Waals surface area contributed by atoms with Crippen LogP contribution in [0.5, 0.6) is 0 Å². The van der Waals surface area contributed by atoms with Crippen LogP contribution < -0.4 is 24.8 Å². The maximum atomic E-state index is 10.4. The van der Waals surface area contributed by atoms with Crippen molar-refractivity contribution in [3.8, 4) is 0 Å². The van der Waals surface area contributed by atoms with Crippen LogP contribution in [0.2, 0.25) is 0 Å². The molecule has 24 heavy (non-hydrogen) atoms. The van der Waals surface area contributed by atoms with Gasteiger partial charge >= 0.3 is 21.7 Å². The molecule has 2 aromatic rings.